The molecule has 0 aliphatic rings. The summed E-state index contributed by atoms with van der Waals surface area (Å²) in [5.41, 5.74) is 1.65. The quantitative estimate of drug-likeness (QED) is 0.567. The number of fused-ring (bicyclic) bond motifs is 1. The molecule has 7 heteroatoms. The number of nitro groups is 1. The van der Waals surface area contributed by atoms with Crippen LogP contribution in [0.2, 0.25) is 0 Å². The Kier molecular flexibility index (Phi) is 2.98. The Morgan fingerprint density at radius 1 is 1.25 bits per heavy atom. The minimum absolute atomic E-state index is 0.0222. The van der Waals surface area contributed by atoms with Crippen molar-refractivity contribution in [3.05, 3.63) is 56.8 Å². The molecule has 100 valence electrons. The number of hydrogen-bond acceptors (Lipinski definition) is 3. The van der Waals surface area contributed by atoms with E-state index in [1.165, 1.54) is 24.3 Å². The van der Waals surface area contributed by atoms with E-state index >= 15 is 0 Å². The van der Waals surface area contributed by atoms with Gasteiger partial charge in [0.2, 0.25) is 0 Å². The Balaban J connectivity index is 2.17. The van der Waals surface area contributed by atoms with Crippen LogP contribution in [0.15, 0.2) is 40.9 Å². The van der Waals surface area contributed by atoms with E-state index in [9.17, 15) is 14.5 Å². The number of imidazole rings is 1. The number of non-ortho nitro benzene ring substituents is 1. The van der Waals surface area contributed by atoms with Gasteiger partial charge in [0.25, 0.3) is 5.69 Å². The molecule has 0 bridgehead atoms. The maximum atomic E-state index is 13.3. The summed E-state index contributed by atoms with van der Waals surface area (Å²) in [7, 11) is 0. The summed E-state index contributed by atoms with van der Waals surface area (Å²) in [5, 5.41) is 10.7. The molecular weight excluding hydrogens is 329 g/mol. The number of nitro benzene ring substituents is 1. The van der Waals surface area contributed by atoms with Crippen molar-refractivity contribution in [2.45, 2.75) is 0 Å². The first-order chi connectivity index (χ1) is 9.54. The van der Waals surface area contributed by atoms with E-state index in [1.807, 2.05) is 0 Å². The lowest BCUT2D eigenvalue weighted by molar-refractivity contribution is -0.384. The number of nitrogens with one attached hydrogen (secondary N) is 1. The molecule has 3 rings (SSSR count). The molecule has 2 aromatic carbocycles. The van der Waals surface area contributed by atoms with Crippen LogP contribution in [0.5, 0.6) is 0 Å². The number of aromatic nitrogens is 2. The normalized spacial score (nSPS) is 10.9. The van der Waals surface area contributed by atoms with Gasteiger partial charge in [0.15, 0.2) is 0 Å². The summed E-state index contributed by atoms with van der Waals surface area (Å²) in [5.74, 6) is 0.0708. The topological polar surface area (TPSA) is 71.8 Å². The van der Waals surface area contributed by atoms with Crippen LogP contribution < -0.4 is 0 Å². The molecule has 0 saturated carbocycles. The third-order valence-electron chi connectivity index (χ3n) is 2.86. The fourth-order valence-corrected chi connectivity index (χ4v) is 2.35. The average molecular weight is 336 g/mol. The SMILES string of the molecule is O=[N+]([O-])c1ccc2nc(-c3cc(F)ccc3Br)[nH]c2c1. The summed E-state index contributed by atoms with van der Waals surface area (Å²) in [6.45, 7) is 0. The Labute approximate surface area is 120 Å². The number of H-pyrrole nitrogens is 1. The van der Waals surface area contributed by atoms with Crippen LogP contribution in [0.25, 0.3) is 22.4 Å². The number of aromatic amines is 1. The maximum Gasteiger partial charge on any atom is 0.271 e. The molecule has 0 saturated heterocycles. The van der Waals surface area contributed by atoms with Gasteiger partial charge < -0.3 is 4.98 Å². The number of halogens is 2. The van der Waals surface area contributed by atoms with Crippen LogP contribution in [-0.2, 0) is 0 Å². The van der Waals surface area contributed by atoms with E-state index in [-0.39, 0.29) is 11.5 Å². The van der Waals surface area contributed by atoms with E-state index in [4.69, 9.17) is 0 Å². The van der Waals surface area contributed by atoms with Crippen LogP contribution in [0, 0.1) is 15.9 Å². The first-order valence-electron chi connectivity index (χ1n) is 5.64. The molecule has 0 spiro atoms. The fraction of sp³-hybridized carbons (Fsp3) is 0. The van der Waals surface area contributed by atoms with Gasteiger partial charge in [-0.15, -0.1) is 0 Å². The molecule has 1 heterocycles. The van der Waals surface area contributed by atoms with E-state index in [0.29, 0.717) is 26.9 Å². The fourth-order valence-electron chi connectivity index (χ4n) is 1.92. The molecule has 20 heavy (non-hydrogen) atoms. The van der Waals surface area contributed by atoms with Crippen molar-refractivity contribution in [1.29, 1.82) is 0 Å². The van der Waals surface area contributed by atoms with Gasteiger partial charge in [0.1, 0.15) is 11.6 Å². The second-order valence-corrected chi connectivity index (χ2v) is 5.02. The van der Waals surface area contributed by atoms with Crippen LogP contribution >= 0.6 is 15.9 Å². The van der Waals surface area contributed by atoms with Gasteiger partial charge in [-0.25, -0.2) is 9.37 Å². The molecule has 0 radical (unpaired) electrons. The van der Waals surface area contributed by atoms with Crippen molar-refractivity contribution in [3.8, 4) is 11.4 Å². The molecule has 1 aromatic heterocycles. The zero-order valence-corrected chi connectivity index (χ0v) is 11.5. The highest BCUT2D eigenvalue weighted by molar-refractivity contribution is 9.10. The lowest BCUT2D eigenvalue weighted by atomic mass is 10.2. The van der Waals surface area contributed by atoms with Crippen molar-refractivity contribution in [2.75, 3.05) is 0 Å². The van der Waals surface area contributed by atoms with Crippen LogP contribution in [0.3, 0.4) is 0 Å². The van der Waals surface area contributed by atoms with Gasteiger partial charge in [-0.2, -0.15) is 0 Å². The van der Waals surface area contributed by atoms with Crippen molar-refractivity contribution in [1.82, 2.24) is 9.97 Å². The Bertz CT molecular complexity index is 832. The predicted octanol–water partition coefficient (Wildman–Crippen LogP) is 4.04. The predicted molar refractivity (Wildman–Crippen MR) is 75.8 cm³/mol. The van der Waals surface area contributed by atoms with Crippen molar-refractivity contribution < 1.29 is 9.31 Å². The molecule has 1 N–H and O–H groups in total. The summed E-state index contributed by atoms with van der Waals surface area (Å²) < 4.78 is 14.0. The smallest absolute Gasteiger partial charge is 0.271 e. The largest absolute Gasteiger partial charge is 0.338 e. The number of benzene rings is 2. The lowest BCUT2D eigenvalue weighted by Crippen LogP contribution is -1.86. The zero-order valence-electron chi connectivity index (χ0n) is 9.93. The highest BCUT2D eigenvalue weighted by Crippen LogP contribution is 2.29. The van der Waals surface area contributed by atoms with Gasteiger partial charge in [0.05, 0.1) is 16.0 Å². The van der Waals surface area contributed by atoms with Gasteiger partial charge in [-0.1, -0.05) is 15.9 Å². The van der Waals surface area contributed by atoms with Crippen molar-refractivity contribution in [3.63, 3.8) is 0 Å². The Hall–Kier alpha value is -2.28. The molecule has 0 aliphatic heterocycles. The summed E-state index contributed by atoms with van der Waals surface area (Å²) in [6.07, 6.45) is 0. The Morgan fingerprint density at radius 3 is 2.80 bits per heavy atom. The highest BCUT2D eigenvalue weighted by atomic mass is 79.9. The van der Waals surface area contributed by atoms with Crippen molar-refractivity contribution in [2.24, 2.45) is 0 Å². The summed E-state index contributed by atoms with van der Waals surface area (Å²) in [4.78, 5) is 17.5. The van der Waals surface area contributed by atoms with Gasteiger partial charge in [-0.05, 0) is 24.3 Å². The second-order valence-electron chi connectivity index (χ2n) is 4.17. The molecule has 0 aliphatic carbocycles. The number of rotatable bonds is 2. The highest BCUT2D eigenvalue weighted by Gasteiger charge is 2.12. The maximum absolute atomic E-state index is 13.3. The standard InChI is InChI=1S/C13H7BrFN3O2/c14-10-3-1-7(15)5-9(10)13-16-11-4-2-8(18(19)20)6-12(11)17-13/h1-6H,(H,16,17). The van der Waals surface area contributed by atoms with Gasteiger partial charge >= 0.3 is 0 Å². The molecule has 3 aromatic rings. The lowest BCUT2D eigenvalue weighted by Gasteiger charge is -2.00. The van der Waals surface area contributed by atoms with Gasteiger partial charge in [-0.3, -0.25) is 10.1 Å². The van der Waals surface area contributed by atoms with E-state index in [2.05, 4.69) is 25.9 Å². The molecule has 0 amide bonds. The molecular formula is C13H7BrFN3O2. The average Bonchev–Trinajstić information content (AvgIpc) is 2.83. The first kappa shape index (κ1) is 12.7. The Morgan fingerprint density at radius 2 is 2.05 bits per heavy atom. The third kappa shape index (κ3) is 2.16. The van der Waals surface area contributed by atoms with E-state index < -0.39 is 4.92 Å². The monoisotopic (exact) mass is 335 g/mol. The van der Waals surface area contributed by atoms with Crippen LogP contribution in [0.4, 0.5) is 10.1 Å². The first-order valence-corrected chi connectivity index (χ1v) is 6.43. The molecule has 0 fully saturated rings. The van der Waals surface area contributed by atoms with E-state index in [1.54, 1.807) is 12.1 Å². The molecule has 0 atom stereocenters. The number of hydrogen-bond donors (Lipinski definition) is 1. The van der Waals surface area contributed by atoms with Crippen LogP contribution in [0.1, 0.15) is 0 Å². The molecule has 5 nitrogen and oxygen atoms in total. The minimum Gasteiger partial charge on any atom is -0.338 e. The van der Waals surface area contributed by atoms with Gasteiger partial charge in [0, 0.05) is 22.2 Å². The zero-order chi connectivity index (χ0) is 14.3. The summed E-state index contributed by atoms with van der Waals surface area (Å²) in [6, 6.07) is 8.60. The van der Waals surface area contributed by atoms with Crippen LogP contribution in [-0.4, -0.2) is 14.9 Å². The van der Waals surface area contributed by atoms with E-state index in [0.717, 1.165) is 0 Å². The third-order valence-corrected chi connectivity index (χ3v) is 3.55. The number of nitrogens with zero attached hydrogens (tertiary/aromatic N) is 2. The second kappa shape index (κ2) is 4.68. The summed E-state index contributed by atoms with van der Waals surface area (Å²) >= 11 is 3.33. The molecule has 0 unspecified atom stereocenters. The van der Waals surface area contributed by atoms with Crippen molar-refractivity contribution >= 4 is 32.7 Å². The minimum atomic E-state index is -0.474.